The summed E-state index contributed by atoms with van der Waals surface area (Å²) in [6.07, 6.45) is 0. The predicted octanol–water partition coefficient (Wildman–Crippen LogP) is 2.62. The van der Waals surface area contributed by atoms with Crippen molar-refractivity contribution in [1.29, 1.82) is 0 Å². The Morgan fingerprint density at radius 3 is 2.84 bits per heavy atom. The van der Waals surface area contributed by atoms with Crippen molar-refractivity contribution in [3.05, 3.63) is 41.8 Å². The average molecular weight is 262 g/mol. The molecule has 0 radical (unpaired) electrons. The number of anilines is 1. The van der Waals surface area contributed by atoms with Gasteiger partial charge in [-0.3, -0.25) is 0 Å². The van der Waals surface area contributed by atoms with Crippen LogP contribution in [0.2, 0.25) is 0 Å². The number of para-hydroxylation sites is 2. The molecule has 1 N–H and O–H groups in total. The van der Waals surface area contributed by atoms with E-state index in [0.717, 1.165) is 22.9 Å². The molecule has 19 heavy (non-hydrogen) atoms. The Morgan fingerprint density at radius 1 is 1.26 bits per heavy atom. The molecule has 0 aliphatic carbocycles. The molecular weight excluding hydrogens is 244 g/mol. The molecule has 102 valence electrons. The summed E-state index contributed by atoms with van der Waals surface area (Å²) in [5.74, 6) is 1.61. The minimum Gasteiger partial charge on any atom is -0.489 e. The molecule has 1 aromatic heterocycles. The normalized spacial score (nSPS) is 10.4. The summed E-state index contributed by atoms with van der Waals surface area (Å²) >= 11 is 0. The highest BCUT2D eigenvalue weighted by molar-refractivity contribution is 5.56. The molecule has 5 nitrogen and oxygen atoms in total. The molecule has 5 heteroatoms. The highest BCUT2D eigenvalue weighted by Crippen LogP contribution is 2.24. The number of hydrogen-bond donors (Lipinski definition) is 1. The van der Waals surface area contributed by atoms with Crippen molar-refractivity contribution in [1.82, 2.24) is 5.16 Å². The first-order chi connectivity index (χ1) is 9.29. The van der Waals surface area contributed by atoms with Crippen molar-refractivity contribution in [3.8, 4) is 5.75 Å². The Kier molecular flexibility index (Phi) is 4.80. The second-order valence-corrected chi connectivity index (χ2v) is 4.12. The van der Waals surface area contributed by atoms with E-state index in [4.69, 9.17) is 14.0 Å². The van der Waals surface area contributed by atoms with Crippen molar-refractivity contribution >= 4 is 5.69 Å². The summed E-state index contributed by atoms with van der Waals surface area (Å²) < 4.78 is 15.6. The second kappa shape index (κ2) is 6.80. The molecule has 0 bridgehead atoms. The summed E-state index contributed by atoms with van der Waals surface area (Å²) in [5, 5.41) is 7.22. The molecule has 0 aliphatic heterocycles. The van der Waals surface area contributed by atoms with Gasteiger partial charge in [-0.1, -0.05) is 17.3 Å². The van der Waals surface area contributed by atoms with Gasteiger partial charge in [0.05, 0.1) is 18.8 Å². The third-order valence-corrected chi connectivity index (χ3v) is 2.57. The molecule has 1 heterocycles. The third kappa shape index (κ3) is 3.99. The molecule has 0 saturated heterocycles. The zero-order valence-electron chi connectivity index (χ0n) is 11.2. The van der Waals surface area contributed by atoms with E-state index in [1.807, 2.05) is 37.3 Å². The first-order valence-electron chi connectivity index (χ1n) is 6.16. The number of aryl methyl sites for hydroxylation is 1. The number of methoxy groups -OCH3 is 1. The van der Waals surface area contributed by atoms with Gasteiger partial charge in [0.1, 0.15) is 23.8 Å². The second-order valence-electron chi connectivity index (χ2n) is 4.12. The third-order valence-electron chi connectivity index (χ3n) is 2.57. The van der Waals surface area contributed by atoms with E-state index >= 15 is 0 Å². The van der Waals surface area contributed by atoms with Gasteiger partial charge in [0.25, 0.3) is 0 Å². The van der Waals surface area contributed by atoms with Crippen LogP contribution in [0.4, 0.5) is 5.69 Å². The van der Waals surface area contributed by atoms with Crippen LogP contribution >= 0.6 is 0 Å². The summed E-state index contributed by atoms with van der Waals surface area (Å²) in [5.41, 5.74) is 1.79. The summed E-state index contributed by atoms with van der Waals surface area (Å²) in [4.78, 5) is 0. The van der Waals surface area contributed by atoms with Gasteiger partial charge >= 0.3 is 0 Å². The number of benzene rings is 1. The highest BCUT2D eigenvalue weighted by atomic mass is 16.5. The zero-order chi connectivity index (χ0) is 13.5. The van der Waals surface area contributed by atoms with Crippen LogP contribution in [0.1, 0.15) is 11.5 Å². The summed E-state index contributed by atoms with van der Waals surface area (Å²) in [6.45, 7) is 3.56. The fraction of sp³-hybridized carbons (Fsp3) is 0.357. The van der Waals surface area contributed by atoms with Crippen LogP contribution in [-0.2, 0) is 11.3 Å². The Morgan fingerprint density at radius 2 is 2.11 bits per heavy atom. The van der Waals surface area contributed by atoms with E-state index in [1.54, 1.807) is 7.11 Å². The molecule has 0 amide bonds. The van der Waals surface area contributed by atoms with Gasteiger partial charge < -0.3 is 19.3 Å². The van der Waals surface area contributed by atoms with E-state index in [-0.39, 0.29) is 0 Å². The SMILES string of the molecule is COCCOc1ccccc1NCc1cc(C)on1. The Labute approximate surface area is 112 Å². The fourth-order valence-electron chi connectivity index (χ4n) is 1.66. The van der Waals surface area contributed by atoms with Gasteiger partial charge in [-0.2, -0.15) is 0 Å². The quantitative estimate of drug-likeness (QED) is 0.777. The van der Waals surface area contributed by atoms with Gasteiger partial charge in [-0.15, -0.1) is 0 Å². The zero-order valence-corrected chi connectivity index (χ0v) is 11.2. The molecule has 0 atom stereocenters. The summed E-state index contributed by atoms with van der Waals surface area (Å²) in [6, 6.07) is 9.69. The van der Waals surface area contributed by atoms with Gasteiger partial charge in [-0.05, 0) is 19.1 Å². The monoisotopic (exact) mass is 262 g/mol. The summed E-state index contributed by atoms with van der Waals surface area (Å²) in [7, 11) is 1.65. The number of ether oxygens (including phenoxy) is 2. The van der Waals surface area contributed by atoms with Crippen LogP contribution in [0.3, 0.4) is 0 Å². The number of hydrogen-bond acceptors (Lipinski definition) is 5. The van der Waals surface area contributed by atoms with Crippen molar-refractivity contribution < 1.29 is 14.0 Å². The number of nitrogens with zero attached hydrogens (tertiary/aromatic N) is 1. The fourth-order valence-corrected chi connectivity index (χ4v) is 1.66. The maximum Gasteiger partial charge on any atom is 0.142 e. The minimum atomic E-state index is 0.526. The van der Waals surface area contributed by atoms with Crippen molar-refractivity contribution in [2.75, 3.05) is 25.6 Å². The molecule has 0 fully saturated rings. The Balaban J connectivity index is 1.95. The van der Waals surface area contributed by atoms with E-state index in [1.165, 1.54) is 0 Å². The molecule has 0 spiro atoms. The van der Waals surface area contributed by atoms with Crippen molar-refractivity contribution in [2.45, 2.75) is 13.5 Å². The van der Waals surface area contributed by atoms with Gasteiger partial charge in [0.2, 0.25) is 0 Å². The van der Waals surface area contributed by atoms with Gasteiger partial charge in [-0.25, -0.2) is 0 Å². The molecular formula is C14H18N2O3. The lowest BCUT2D eigenvalue weighted by Gasteiger charge is -2.12. The van der Waals surface area contributed by atoms with Crippen LogP contribution in [0.25, 0.3) is 0 Å². The Hall–Kier alpha value is -2.01. The topological polar surface area (TPSA) is 56.5 Å². The molecule has 2 aromatic rings. The molecule has 2 rings (SSSR count). The van der Waals surface area contributed by atoms with Gasteiger partial charge in [0, 0.05) is 13.2 Å². The van der Waals surface area contributed by atoms with Gasteiger partial charge in [0.15, 0.2) is 0 Å². The standard InChI is InChI=1S/C14H18N2O3/c1-11-9-12(16-19-11)10-15-13-5-3-4-6-14(13)18-8-7-17-2/h3-6,9,15H,7-8,10H2,1-2H3. The van der Waals surface area contributed by atoms with E-state index in [9.17, 15) is 0 Å². The minimum absolute atomic E-state index is 0.526. The van der Waals surface area contributed by atoms with Crippen LogP contribution in [0.5, 0.6) is 5.75 Å². The molecule has 0 unspecified atom stereocenters. The maximum atomic E-state index is 5.64. The number of nitrogens with one attached hydrogen (secondary N) is 1. The lowest BCUT2D eigenvalue weighted by molar-refractivity contribution is 0.146. The first-order valence-corrected chi connectivity index (χ1v) is 6.16. The highest BCUT2D eigenvalue weighted by Gasteiger charge is 2.04. The molecule has 0 saturated carbocycles. The van der Waals surface area contributed by atoms with E-state index in [2.05, 4.69) is 10.5 Å². The first kappa shape index (κ1) is 13.4. The average Bonchev–Trinajstić information content (AvgIpc) is 2.84. The smallest absolute Gasteiger partial charge is 0.142 e. The largest absolute Gasteiger partial charge is 0.489 e. The lowest BCUT2D eigenvalue weighted by atomic mass is 10.3. The van der Waals surface area contributed by atoms with Crippen LogP contribution in [0, 0.1) is 6.92 Å². The van der Waals surface area contributed by atoms with Crippen molar-refractivity contribution in [2.24, 2.45) is 0 Å². The van der Waals surface area contributed by atoms with E-state index < -0.39 is 0 Å². The lowest BCUT2D eigenvalue weighted by Crippen LogP contribution is -2.07. The van der Waals surface area contributed by atoms with Crippen LogP contribution < -0.4 is 10.1 Å². The number of aromatic nitrogens is 1. The van der Waals surface area contributed by atoms with E-state index in [0.29, 0.717) is 19.8 Å². The van der Waals surface area contributed by atoms with Crippen molar-refractivity contribution in [3.63, 3.8) is 0 Å². The predicted molar refractivity (Wildman–Crippen MR) is 72.4 cm³/mol. The molecule has 1 aromatic carbocycles. The molecule has 0 aliphatic rings. The van der Waals surface area contributed by atoms with Crippen LogP contribution in [-0.4, -0.2) is 25.5 Å². The maximum absolute atomic E-state index is 5.64. The number of rotatable bonds is 7. The van der Waals surface area contributed by atoms with Crippen LogP contribution in [0.15, 0.2) is 34.9 Å². The Bertz CT molecular complexity index is 511.